The van der Waals surface area contributed by atoms with Crippen molar-refractivity contribution >= 4 is 12.1 Å². The number of hydrogen-bond acceptors (Lipinski definition) is 5. The fraction of sp³-hybridized carbons (Fsp3) is 0.259. The Morgan fingerprint density at radius 2 is 1.72 bits per heavy atom. The molecule has 0 saturated carbocycles. The highest BCUT2D eigenvalue weighted by molar-refractivity contribution is 5.99. The van der Waals surface area contributed by atoms with Crippen molar-refractivity contribution in [2.75, 3.05) is 0 Å². The number of aldehydes is 1. The van der Waals surface area contributed by atoms with Gasteiger partial charge >= 0.3 is 0 Å². The van der Waals surface area contributed by atoms with Gasteiger partial charge in [-0.1, -0.05) is 45.0 Å². The van der Waals surface area contributed by atoms with Crippen molar-refractivity contribution in [1.82, 2.24) is 0 Å². The van der Waals surface area contributed by atoms with Gasteiger partial charge in [-0.2, -0.15) is 0 Å². The molecule has 5 nitrogen and oxygen atoms in total. The Labute approximate surface area is 188 Å². The van der Waals surface area contributed by atoms with Crippen LogP contribution in [-0.4, -0.2) is 22.3 Å². The molecule has 166 valence electrons. The summed E-state index contributed by atoms with van der Waals surface area (Å²) in [6.45, 7) is 7.95. The molecular weight excluding hydrogens is 404 g/mol. The van der Waals surface area contributed by atoms with E-state index < -0.39 is 0 Å². The first-order chi connectivity index (χ1) is 15.1. The molecule has 0 aliphatic carbocycles. The highest BCUT2D eigenvalue weighted by Crippen LogP contribution is 2.34. The first-order valence-corrected chi connectivity index (χ1v) is 10.4. The minimum absolute atomic E-state index is 0.0451. The Balaban J connectivity index is 1.77. The molecule has 0 bridgehead atoms. The smallest absolute Gasteiger partial charge is 0.167 e. The molecule has 0 heterocycles. The molecule has 0 fully saturated rings. The number of ether oxygens (including phenoxy) is 1. The number of Topliss-reactive ketones (excluding diaryl/α,β-unsaturated/α-hetero) is 1. The second-order valence-electron chi connectivity index (χ2n) is 9.13. The maximum Gasteiger partial charge on any atom is 0.167 e. The highest BCUT2D eigenvalue weighted by atomic mass is 16.5. The van der Waals surface area contributed by atoms with Crippen molar-refractivity contribution in [3.63, 3.8) is 0 Å². The van der Waals surface area contributed by atoms with Crippen LogP contribution in [0.1, 0.15) is 59.0 Å². The van der Waals surface area contributed by atoms with E-state index >= 15 is 0 Å². The van der Waals surface area contributed by atoms with Gasteiger partial charge in [-0.3, -0.25) is 9.59 Å². The molecule has 5 heteroatoms. The van der Waals surface area contributed by atoms with Gasteiger partial charge in [-0.15, -0.1) is 0 Å². The molecule has 0 amide bonds. The fourth-order valence-corrected chi connectivity index (χ4v) is 3.46. The predicted molar refractivity (Wildman–Crippen MR) is 125 cm³/mol. The third-order valence-corrected chi connectivity index (χ3v) is 5.18. The molecule has 0 aromatic heterocycles. The summed E-state index contributed by atoms with van der Waals surface area (Å²) in [5, 5.41) is 20.5. The summed E-state index contributed by atoms with van der Waals surface area (Å²) in [4.78, 5) is 23.4. The second kappa shape index (κ2) is 9.27. The summed E-state index contributed by atoms with van der Waals surface area (Å²) in [5.74, 6) is 0.303. The van der Waals surface area contributed by atoms with Crippen LogP contribution < -0.4 is 4.74 Å². The SMILES string of the molecule is Cc1c(OCc2cccc(-c3ccc(C=O)c(O)c3)c2)ccc(C(=O)CC(C)(C)C)c1O. The van der Waals surface area contributed by atoms with Crippen molar-refractivity contribution in [1.29, 1.82) is 0 Å². The van der Waals surface area contributed by atoms with E-state index in [1.807, 2.05) is 45.0 Å². The Morgan fingerprint density at radius 3 is 2.38 bits per heavy atom. The van der Waals surface area contributed by atoms with Gasteiger partial charge in [-0.25, -0.2) is 0 Å². The Hall–Kier alpha value is -3.60. The molecule has 0 radical (unpaired) electrons. The van der Waals surface area contributed by atoms with Gasteiger partial charge in [-0.05, 0) is 59.4 Å². The summed E-state index contributed by atoms with van der Waals surface area (Å²) in [7, 11) is 0. The third kappa shape index (κ3) is 5.35. The zero-order chi connectivity index (χ0) is 23.5. The van der Waals surface area contributed by atoms with E-state index in [0.717, 1.165) is 16.7 Å². The van der Waals surface area contributed by atoms with E-state index in [4.69, 9.17) is 4.74 Å². The normalized spacial score (nSPS) is 11.2. The molecule has 0 aliphatic rings. The first kappa shape index (κ1) is 23.1. The number of carbonyl (C=O) groups excluding carboxylic acids is 2. The van der Waals surface area contributed by atoms with Gasteiger partial charge in [0.15, 0.2) is 12.1 Å². The minimum Gasteiger partial charge on any atom is -0.507 e. The van der Waals surface area contributed by atoms with Crippen molar-refractivity contribution in [3.05, 3.63) is 76.9 Å². The predicted octanol–water partition coefficient (Wildman–Crippen LogP) is 6.08. The van der Waals surface area contributed by atoms with Crippen molar-refractivity contribution in [2.45, 2.75) is 40.7 Å². The summed E-state index contributed by atoms with van der Waals surface area (Å²) in [6, 6.07) is 15.9. The van der Waals surface area contributed by atoms with Crippen LogP contribution in [-0.2, 0) is 6.61 Å². The second-order valence-corrected chi connectivity index (χ2v) is 9.13. The van der Waals surface area contributed by atoms with Crippen LogP contribution in [0.25, 0.3) is 11.1 Å². The summed E-state index contributed by atoms with van der Waals surface area (Å²) >= 11 is 0. The van der Waals surface area contributed by atoms with Crippen LogP contribution in [0.5, 0.6) is 17.2 Å². The highest BCUT2D eigenvalue weighted by Gasteiger charge is 2.21. The van der Waals surface area contributed by atoms with Crippen molar-refractivity contribution in [2.24, 2.45) is 5.41 Å². The van der Waals surface area contributed by atoms with Crippen LogP contribution in [0, 0.1) is 12.3 Å². The lowest BCUT2D eigenvalue weighted by Gasteiger charge is -2.18. The van der Waals surface area contributed by atoms with Crippen LogP contribution in [0.15, 0.2) is 54.6 Å². The maximum atomic E-state index is 12.5. The molecule has 3 aromatic carbocycles. The maximum absolute atomic E-state index is 12.5. The van der Waals surface area contributed by atoms with Gasteiger partial charge in [0, 0.05) is 12.0 Å². The number of rotatable bonds is 7. The summed E-state index contributed by atoms with van der Waals surface area (Å²) in [5.41, 5.74) is 3.47. The number of ketones is 1. The molecule has 0 atom stereocenters. The molecule has 0 spiro atoms. The Bertz CT molecular complexity index is 1160. The average molecular weight is 433 g/mol. The van der Waals surface area contributed by atoms with Gasteiger partial charge in [0.2, 0.25) is 0 Å². The number of carbonyl (C=O) groups is 2. The van der Waals surface area contributed by atoms with Crippen LogP contribution in [0.4, 0.5) is 0 Å². The molecule has 32 heavy (non-hydrogen) atoms. The largest absolute Gasteiger partial charge is 0.507 e. The third-order valence-electron chi connectivity index (χ3n) is 5.18. The van der Waals surface area contributed by atoms with Gasteiger partial charge in [0.05, 0.1) is 11.1 Å². The van der Waals surface area contributed by atoms with Crippen molar-refractivity contribution < 1.29 is 24.5 Å². The standard InChI is InChI=1S/C27H28O5/c1-17-25(11-10-22(26(17)31)24(30)14-27(2,3)4)32-16-18-6-5-7-19(12-18)20-8-9-21(15-28)23(29)13-20/h5-13,15,29,31H,14,16H2,1-4H3. The molecule has 3 rings (SSSR count). The lowest BCUT2D eigenvalue weighted by atomic mass is 9.87. The number of phenols is 2. The lowest BCUT2D eigenvalue weighted by molar-refractivity contribution is 0.0936. The number of phenolic OH excluding ortho intramolecular Hbond substituents is 2. The zero-order valence-electron chi connectivity index (χ0n) is 18.8. The average Bonchev–Trinajstić information content (AvgIpc) is 2.73. The lowest BCUT2D eigenvalue weighted by Crippen LogP contribution is -2.13. The Morgan fingerprint density at radius 1 is 1.00 bits per heavy atom. The van der Waals surface area contributed by atoms with E-state index in [-0.39, 0.29) is 34.9 Å². The minimum atomic E-state index is -0.165. The van der Waals surface area contributed by atoms with E-state index in [0.29, 0.717) is 29.6 Å². The molecule has 2 N–H and O–H groups in total. The van der Waals surface area contributed by atoms with E-state index in [1.54, 1.807) is 37.3 Å². The van der Waals surface area contributed by atoms with E-state index in [1.165, 1.54) is 0 Å². The fourth-order valence-electron chi connectivity index (χ4n) is 3.46. The molecule has 0 saturated heterocycles. The molecule has 0 aliphatic heterocycles. The van der Waals surface area contributed by atoms with Crippen LogP contribution in [0.2, 0.25) is 0 Å². The number of benzene rings is 3. The monoisotopic (exact) mass is 432 g/mol. The molecule has 3 aromatic rings. The van der Waals surface area contributed by atoms with Crippen LogP contribution in [0.3, 0.4) is 0 Å². The number of aromatic hydroxyl groups is 2. The zero-order valence-corrected chi connectivity index (χ0v) is 18.8. The van der Waals surface area contributed by atoms with E-state index in [9.17, 15) is 19.8 Å². The van der Waals surface area contributed by atoms with Gasteiger partial charge in [0.25, 0.3) is 0 Å². The molecular formula is C27H28O5. The molecule has 0 unspecified atom stereocenters. The van der Waals surface area contributed by atoms with Crippen LogP contribution >= 0.6 is 0 Å². The summed E-state index contributed by atoms with van der Waals surface area (Å²) in [6.07, 6.45) is 0.958. The number of hydrogen-bond donors (Lipinski definition) is 2. The van der Waals surface area contributed by atoms with E-state index in [2.05, 4.69) is 0 Å². The quantitative estimate of drug-likeness (QED) is 0.349. The van der Waals surface area contributed by atoms with Gasteiger partial charge < -0.3 is 14.9 Å². The first-order valence-electron chi connectivity index (χ1n) is 10.4. The topological polar surface area (TPSA) is 83.8 Å². The van der Waals surface area contributed by atoms with Gasteiger partial charge in [0.1, 0.15) is 23.9 Å². The van der Waals surface area contributed by atoms with Crippen molar-refractivity contribution in [3.8, 4) is 28.4 Å². The Kier molecular flexibility index (Phi) is 6.68. The summed E-state index contributed by atoms with van der Waals surface area (Å²) < 4.78 is 5.92.